The molecule has 0 heterocycles. The second kappa shape index (κ2) is 9.37. The van der Waals surface area contributed by atoms with E-state index in [4.69, 9.17) is 4.74 Å². The van der Waals surface area contributed by atoms with Crippen molar-refractivity contribution in [3.8, 4) is 16.9 Å². The monoisotopic (exact) mass is 373 g/mol. The number of carbonyl (C=O) groups is 1. The highest BCUT2D eigenvalue weighted by molar-refractivity contribution is 5.99. The minimum Gasteiger partial charge on any atom is -0.495 e. The summed E-state index contributed by atoms with van der Waals surface area (Å²) in [6, 6.07) is 25.7. The zero-order valence-corrected chi connectivity index (χ0v) is 16.0. The minimum absolute atomic E-state index is 0.101. The Labute approximate surface area is 165 Å². The average Bonchev–Trinajstić information content (AvgIpc) is 2.77. The lowest BCUT2D eigenvalue weighted by Gasteiger charge is -2.10. The fourth-order valence-corrected chi connectivity index (χ4v) is 2.75. The molecule has 0 spiro atoms. The molecule has 1 amide bonds. The van der Waals surface area contributed by atoms with Crippen molar-refractivity contribution in [1.29, 1.82) is 0 Å². The number of methoxy groups -OCH3 is 1. The number of nitrogens with one attached hydrogen (secondary N) is 2. The molecule has 0 aliphatic rings. The highest BCUT2D eigenvalue weighted by atomic mass is 16.5. The van der Waals surface area contributed by atoms with Crippen LogP contribution in [0.25, 0.3) is 11.1 Å². The number of amides is 1. The van der Waals surface area contributed by atoms with Gasteiger partial charge in [0.05, 0.1) is 25.1 Å². The number of nitrogens with zero attached hydrogens (tertiary/aromatic N) is 1. The quantitative estimate of drug-likeness (QED) is 0.479. The molecule has 3 rings (SSSR count). The molecule has 0 saturated carbocycles. The normalized spacial score (nSPS) is 11.0. The molecule has 0 unspecified atom stereocenters. The number of hydrazone groups is 1. The lowest BCUT2D eigenvalue weighted by molar-refractivity contribution is -0.119. The van der Waals surface area contributed by atoms with Gasteiger partial charge in [0, 0.05) is 0 Å². The van der Waals surface area contributed by atoms with Crippen LogP contribution in [-0.4, -0.2) is 25.3 Å². The van der Waals surface area contributed by atoms with Crippen molar-refractivity contribution in [2.75, 3.05) is 19.0 Å². The molecular weight excluding hydrogens is 350 g/mol. The van der Waals surface area contributed by atoms with Crippen LogP contribution < -0.4 is 15.5 Å². The first-order valence-corrected chi connectivity index (χ1v) is 9.03. The number of rotatable bonds is 7. The summed E-state index contributed by atoms with van der Waals surface area (Å²) < 4.78 is 5.25. The van der Waals surface area contributed by atoms with Crippen molar-refractivity contribution < 1.29 is 9.53 Å². The summed E-state index contributed by atoms with van der Waals surface area (Å²) in [7, 11) is 1.59. The number of carbonyl (C=O) groups excluding carboxylic acids is 1. The van der Waals surface area contributed by atoms with Crippen LogP contribution in [0.3, 0.4) is 0 Å². The molecule has 0 atom stereocenters. The van der Waals surface area contributed by atoms with Gasteiger partial charge in [-0.3, -0.25) is 4.79 Å². The standard InChI is InChI=1S/C23H23N3O2/c1-17(18-12-14-20(15-13-18)19-8-4-3-5-9-19)25-26-23(27)16-24-21-10-6-7-11-22(21)28-2/h3-15,24H,16H2,1-2H3,(H,26,27)/b25-17+. The Kier molecular flexibility index (Phi) is 6.41. The van der Waals surface area contributed by atoms with Crippen molar-refractivity contribution in [1.82, 2.24) is 5.43 Å². The van der Waals surface area contributed by atoms with E-state index in [2.05, 4.69) is 40.1 Å². The molecule has 0 saturated heterocycles. The number of benzene rings is 3. The number of hydrogen-bond acceptors (Lipinski definition) is 4. The van der Waals surface area contributed by atoms with Crippen molar-refractivity contribution in [2.45, 2.75) is 6.92 Å². The van der Waals surface area contributed by atoms with Crippen molar-refractivity contribution in [3.05, 3.63) is 84.4 Å². The summed E-state index contributed by atoms with van der Waals surface area (Å²) in [5.41, 5.74) is 7.35. The van der Waals surface area contributed by atoms with Crippen LogP contribution in [0, 0.1) is 0 Å². The SMILES string of the molecule is COc1ccccc1NCC(=O)N/N=C(\C)c1ccc(-c2ccccc2)cc1. The Hall–Kier alpha value is -3.60. The van der Waals surface area contributed by atoms with E-state index in [1.807, 2.05) is 61.5 Å². The summed E-state index contributed by atoms with van der Waals surface area (Å²) >= 11 is 0. The highest BCUT2D eigenvalue weighted by Crippen LogP contribution is 2.22. The van der Waals surface area contributed by atoms with Crippen LogP contribution in [0.4, 0.5) is 5.69 Å². The van der Waals surface area contributed by atoms with Gasteiger partial charge in [0.15, 0.2) is 0 Å². The van der Waals surface area contributed by atoms with Crippen LogP contribution in [0.2, 0.25) is 0 Å². The van der Waals surface area contributed by atoms with Gasteiger partial charge in [-0.05, 0) is 35.7 Å². The molecule has 142 valence electrons. The maximum Gasteiger partial charge on any atom is 0.259 e. The Balaban J connectivity index is 1.57. The van der Waals surface area contributed by atoms with Gasteiger partial charge in [-0.25, -0.2) is 5.43 Å². The van der Waals surface area contributed by atoms with Gasteiger partial charge in [-0.2, -0.15) is 5.10 Å². The maximum atomic E-state index is 12.1. The van der Waals surface area contributed by atoms with E-state index in [1.165, 1.54) is 5.56 Å². The van der Waals surface area contributed by atoms with Gasteiger partial charge in [0.25, 0.3) is 5.91 Å². The number of hydrogen-bond donors (Lipinski definition) is 2. The van der Waals surface area contributed by atoms with Gasteiger partial charge in [-0.1, -0.05) is 66.7 Å². The fourth-order valence-electron chi connectivity index (χ4n) is 2.75. The zero-order valence-electron chi connectivity index (χ0n) is 16.0. The Morgan fingerprint density at radius 2 is 1.54 bits per heavy atom. The third-order valence-corrected chi connectivity index (χ3v) is 4.30. The number of ether oxygens (including phenoxy) is 1. The van der Waals surface area contributed by atoms with Gasteiger partial charge < -0.3 is 10.1 Å². The second-order valence-corrected chi connectivity index (χ2v) is 6.23. The lowest BCUT2D eigenvalue weighted by atomic mass is 10.0. The molecule has 28 heavy (non-hydrogen) atoms. The van der Waals surface area contributed by atoms with Gasteiger partial charge >= 0.3 is 0 Å². The van der Waals surface area contributed by atoms with Gasteiger partial charge in [0.2, 0.25) is 0 Å². The van der Waals surface area contributed by atoms with Crippen molar-refractivity contribution in [3.63, 3.8) is 0 Å². The largest absolute Gasteiger partial charge is 0.495 e. The predicted molar refractivity (Wildman–Crippen MR) is 114 cm³/mol. The summed E-state index contributed by atoms with van der Waals surface area (Å²) in [4.78, 5) is 12.1. The molecule has 0 fully saturated rings. The number of anilines is 1. The topological polar surface area (TPSA) is 62.7 Å². The zero-order chi connectivity index (χ0) is 19.8. The van der Waals surface area contributed by atoms with Crippen LogP contribution >= 0.6 is 0 Å². The molecule has 5 nitrogen and oxygen atoms in total. The van der Waals surface area contributed by atoms with E-state index < -0.39 is 0 Å². The smallest absolute Gasteiger partial charge is 0.259 e. The summed E-state index contributed by atoms with van der Waals surface area (Å²) in [5, 5.41) is 7.24. The molecule has 3 aromatic rings. The molecule has 0 aliphatic carbocycles. The third kappa shape index (κ3) is 4.98. The van der Waals surface area contributed by atoms with Gasteiger partial charge in [-0.15, -0.1) is 0 Å². The van der Waals surface area contributed by atoms with E-state index in [0.29, 0.717) is 5.75 Å². The van der Waals surface area contributed by atoms with Crippen molar-refractivity contribution in [2.24, 2.45) is 5.10 Å². The fraction of sp³-hybridized carbons (Fsp3) is 0.130. The average molecular weight is 373 g/mol. The molecule has 0 aliphatic heterocycles. The molecule has 3 aromatic carbocycles. The molecule has 5 heteroatoms. The van der Waals surface area contributed by atoms with E-state index in [1.54, 1.807) is 7.11 Å². The Morgan fingerprint density at radius 3 is 2.25 bits per heavy atom. The number of para-hydroxylation sites is 2. The van der Waals surface area contributed by atoms with E-state index >= 15 is 0 Å². The molecule has 0 bridgehead atoms. The molecule has 2 N–H and O–H groups in total. The van der Waals surface area contributed by atoms with E-state index in [0.717, 1.165) is 22.5 Å². The van der Waals surface area contributed by atoms with Gasteiger partial charge in [0.1, 0.15) is 5.75 Å². The van der Waals surface area contributed by atoms with E-state index in [9.17, 15) is 4.79 Å². The lowest BCUT2D eigenvalue weighted by Crippen LogP contribution is -2.26. The first-order valence-electron chi connectivity index (χ1n) is 9.03. The third-order valence-electron chi connectivity index (χ3n) is 4.30. The highest BCUT2D eigenvalue weighted by Gasteiger charge is 2.05. The maximum absolute atomic E-state index is 12.1. The molecular formula is C23H23N3O2. The Morgan fingerprint density at radius 1 is 0.893 bits per heavy atom. The molecule has 0 radical (unpaired) electrons. The Bertz CT molecular complexity index is 951. The van der Waals surface area contributed by atoms with Crippen molar-refractivity contribution >= 4 is 17.3 Å². The second-order valence-electron chi connectivity index (χ2n) is 6.23. The minimum atomic E-state index is -0.230. The van der Waals surface area contributed by atoms with Crippen LogP contribution in [-0.2, 0) is 4.79 Å². The first-order chi connectivity index (χ1) is 13.7. The first kappa shape index (κ1) is 19.2. The summed E-state index contributed by atoms with van der Waals surface area (Å²) in [5.74, 6) is 0.458. The predicted octanol–water partition coefficient (Wildman–Crippen LogP) is 4.31. The summed E-state index contributed by atoms with van der Waals surface area (Å²) in [6.07, 6.45) is 0. The molecule has 0 aromatic heterocycles. The van der Waals surface area contributed by atoms with E-state index in [-0.39, 0.29) is 12.5 Å². The van der Waals surface area contributed by atoms with Crippen LogP contribution in [0.5, 0.6) is 5.75 Å². The summed E-state index contributed by atoms with van der Waals surface area (Å²) in [6.45, 7) is 1.97. The van der Waals surface area contributed by atoms with Crippen LogP contribution in [0.1, 0.15) is 12.5 Å². The van der Waals surface area contributed by atoms with Crippen LogP contribution in [0.15, 0.2) is 84.0 Å².